The number of hydrogen-bond acceptors (Lipinski definition) is 5. The predicted octanol–water partition coefficient (Wildman–Crippen LogP) is 1.92. The van der Waals surface area contributed by atoms with E-state index in [4.69, 9.17) is 0 Å². The molecule has 8 nitrogen and oxygen atoms in total. The summed E-state index contributed by atoms with van der Waals surface area (Å²) in [5, 5.41) is 5.48. The zero-order valence-electron chi connectivity index (χ0n) is 14.8. The minimum atomic E-state index is -3.51. The molecule has 2 aromatic rings. The van der Waals surface area contributed by atoms with Crippen LogP contribution in [0.3, 0.4) is 0 Å². The van der Waals surface area contributed by atoms with E-state index in [-0.39, 0.29) is 17.0 Å². The van der Waals surface area contributed by atoms with Crippen LogP contribution in [0.25, 0.3) is 0 Å². The quantitative estimate of drug-likeness (QED) is 0.650. The molecule has 2 amide bonds. The summed E-state index contributed by atoms with van der Waals surface area (Å²) in [6, 6.07) is 5.50. The number of anilines is 1. The number of amides is 2. The van der Waals surface area contributed by atoms with Crippen molar-refractivity contribution in [3.8, 4) is 0 Å². The van der Waals surface area contributed by atoms with Gasteiger partial charge in [0.15, 0.2) is 0 Å². The molecule has 0 spiro atoms. The number of benzene rings is 1. The van der Waals surface area contributed by atoms with Crippen molar-refractivity contribution in [3.63, 3.8) is 0 Å². The first-order chi connectivity index (χ1) is 12.4. The second-order valence-corrected chi connectivity index (χ2v) is 7.59. The molecule has 1 heterocycles. The van der Waals surface area contributed by atoms with E-state index in [1.165, 1.54) is 12.1 Å². The third-order valence-corrected chi connectivity index (χ3v) is 4.95. The van der Waals surface area contributed by atoms with Crippen LogP contribution in [0.1, 0.15) is 26.0 Å². The van der Waals surface area contributed by atoms with E-state index in [0.29, 0.717) is 25.1 Å². The monoisotopic (exact) mass is 377 g/mol. The second kappa shape index (κ2) is 9.25. The summed E-state index contributed by atoms with van der Waals surface area (Å²) in [6.45, 7) is 4.14. The number of urea groups is 1. The standard InChI is InChI=1S/C17H23N5O3S/c1-3-8-20-26(24,25)16-6-4-14(5-7-16)22-17(23)21-13(2)11-15-12-18-9-10-19-15/h4-7,9-10,12-13,20H,3,8,11H2,1-2H3,(H2,21,22,23)/t13-/m1/s1. The normalized spacial score (nSPS) is 12.4. The van der Waals surface area contributed by atoms with Gasteiger partial charge in [0.1, 0.15) is 0 Å². The van der Waals surface area contributed by atoms with Gasteiger partial charge in [0.05, 0.1) is 10.6 Å². The number of aromatic nitrogens is 2. The lowest BCUT2D eigenvalue weighted by Crippen LogP contribution is -2.37. The molecule has 0 radical (unpaired) electrons. The molecule has 0 unspecified atom stereocenters. The highest BCUT2D eigenvalue weighted by molar-refractivity contribution is 7.89. The van der Waals surface area contributed by atoms with E-state index >= 15 is 0 Å². The molecule has 26 heavy (non-hydrogen) atoms. The van der Waals surface area contributed by atoms with Crippen LogP contribution in [0.15, 0.2) is 47.8 Å². The first-order valence-electron chi connectivity index (χ1n) is 8.33. The summed E-state index contributed by atoms with van der Waals surface area (Å²) < 4.78 is 26.5. The molecule has 0 bridgehead atoms. The highest BCUT2D eigenvalue weighted by Gasteiger charge is 2.13. The largest absolute Gasteiger partial charge is 0.335 e. The second-order valence-electron chi connectivity index (χ2n) is 5.82. The molecule has 0 saturated carbocycles. The number of carbonyl (C=O) groups is 1. The summed E-state index contributed by atoms with van der Waals surface area (Å²) >= 11 is 0. The number of sulfonamides is 1. The van der Waals surface area contributed by atoms with Crippen molar-refractivity contribution in [2.75, 3.05) is 11.9 Å². The van der Waals surface area contributed by atoms with Gasteiger partial charge in [-0.2, -0.15) is 0 Å². The highest BCUT2D eigenvalue weighted by atomic mass is 32.2. The fourth-order valence-corrected chi connectivity index (χ4v) is 3.36. The van der Waals surface area contributed by atoms with Crippen LogP contribution in [0.5, 0.6) is 0 Å². The predicted molar refractivity (Wildman–Crippen MR) is 99.3 cm³/mol. The molecular weight excluding hydrogens is 354 g/mol. The average Bonchev–Trinajstić information content (AvgIpc) is 2.61. The van der Waals surface area contributed by atoms with Gasteiger partial charge in [-0.1, -0.05) is 6.92 Å². The van der Waals surface area contributed by atoms with Crippen molar-refractivity contribution in [3.05, 3.63) is 48.5 Å². The van der Waals surface area contributed by atoms with Crippen molar-refractivity contribution in [2.24, 2.45) is 0 Å². The van der Waals surface area contributed by atoms with Crippen molar-refractivity contribution in [1.82, 2.24) is 20.0 Å². The SMILES string of the molecule is CCCNS(=O)(=O)c1ccc(NC(=O)N[C@H](C)Cc2cnccn2)cc1. The molecule has 1 aromatic heterocycles. The van der Waals surface area contributed by atoms with Crippen LogP contribution in [-0.4, -0.2) is 37.0 Å². The summed E-state index contributed by atoms with van der Waals surface area (Å²) in [6.07, 6.45) is 6.12. The van der Waals surface area contributed by atoms with E-state index < -0.39 is 10.0 Å². The fourth-order valence-electron chi connectivity index (χ4n) is 2.23. The van der Waals surface area contributed by atoms with E-state index in [1.54, 1.807) is 30.7 Å². The Kier molecular flexibility index (Phi) is 7.05. The number of rotatable bonds is 8. The van der Waals surface area contributed by atoms with Crippen LogP contribution < -0.4 is 15.4 Å². The summed E-state index contributed by atoms with van der Waals surface area (Å²) in [5.74, 6) is 0. The van der Waals surface area contributed by atoms with Gasteiger partial charge in [-0.15, -0.1) is 0 Å². The summed E-state index contributed by atoms with van der Waals surface area (Å²) in [7, 11) is -3.51. The molecule has 1 aromatic carbocycles. The highest BCUT2D eigenvalue weighted by Crippen LogP contribution is 2.14. The van der Waals surface area contributed by atoms with Crippen molar-refractivity contribution in [2.45, 2.75) is 37.6 Å². The van der Waals surface area contributed by atoms with Crippen LogP contribution in [-0.2, 0) is 16.4 Å². The lowest BCUT2D eigenvalue weighted by molar-refractivity contribution is 0.249. The molecule has 0 saturated heterocycles. The van der Waals surface area contributed by atoms with Crippen molar-refractivity contribution >= 4 is 21.7 Å². The van der Waals surface area contributed by atoms with Crippen LogP contribution in [0.2, 0.25) is 0 Å². The average molecular weight is 377 g/mol. The van der Waals surface area contributed by atoms with Gasteiger partial charge < -0.3 is 10.6 Å². The van der Waals surface area contributed by atoms with Crippen molar-refractivity contribution < 1.29 is 13.2 Å². The van der Waals surface area contributed by atoms with Crippen LogP contribution in [0.4, 0.5) is 10.5 Å². The molecule has 3 N–H and O–H groups in total. The van der Waals surface area contributed by atoms with E-state index in [0.717, 1.165) is 5.69 Å². The molecular formula is C17H23N5O3S. The van der Waals surface area contributed by atoms with E-state index in [1.807, 2.05) is 13.8 Å². The maximum Gasteiger partial charge on any atom is 0.319 e. The fraction of sp³-hybridized carbons (Fsp3) is 0.353. The Morgan fingerprint density at radius 2 is 1.92 bits per heavy atom. The molecule has 0 fully saturated rings. The van der Waals surface area contributed by atoms with Gasteiger partial charge >= 0.3 is 6.03 Å². The Balaban J connectivity index is 1.89. The molecule has 0 aliphatic heterocycles. The number of nitrogens with zero attached hydrogens (tertiary/aromatic N) is 2. The zero-order chi connectivity index (χ0) is 19.0. The van der Waals surface area contributed by atoms with E-state index in [9.17, 15) is 13.2 Å². The lowest BCUT2D eigenvalue weighted by atomic mass is 10.2. The third kappa shape index (κ3) is 6.08. The molecule has 2 rings (SSSR count). The minimum Gasteiger partial charge on any atom is -0.335 e. The van der Waals surface area contributed by atoms with Crippen LogP contribution >= 0.6 is 0 Å². The van der Waals surface area contributed by atoms with Crippen molar-refractivity contribution in [1.29, 1.82) is 0 Å². The third-order valence-electron chi connectivity index (χ3n) is 3.47. The molecule has 0 aliphatic rings. The van der Waals surface area contributed by atoms with Gasteiger partial charge in [-0.25, -0.2) is 17.9 Å². The Labute approximate surface area is 153 Å². The van der Waals surface area contributed by atoms with E-state index in [2.05, 4.69) is 25.3 Å². The Morgan fingerprint density at radius 1 is 1.19 bits per heavy atom. The first-order valence-corrected chi connectivity index (χ1v) is 9.81. The topological polar surface area (TPSA) is 113 Å². The summed E-state index contributed by atoms with van der Waals surface area (Å²) in [5.41, 5.74) is 1.29. The van der Waals surface area contributed by atoms with Crippen LogP contribution in [0, 0.1) is 0 Å². The number of carbonyl (C=O) groups excluding carboxylic acids is 1. The Hall–Kier alpha value is -2.52. The maximum absolute atomic E-state index is 12.0. The molecule has 140 valence electrons. The minimum absolute atomic E-state index is 0.135. The lowest BCUT2D eigenvalue weighted by Gasteiger charge is -2.14. The smallest absolute Gasteiger partial charge is 0.319 e. The first kappa shape index (κ1) is 19.8. The number of hydrogen-bond donors (Lipinski definition) is 3. The van der Waals surface area contributed by atoms with Gasteiger partial charge in [0, 0.05) is 43.3 Å². The van der Waals surface area contributed by atoms with Gasteiger partial charge in [0.25, 0.3) is 0 Å². The molecule has 9 heteroatoms. The zero-order valence-corrected chi connectivity index (χ0v) is 15.6. The Morgan fingerprint density at radius 3 is 2.54 bits per heavy atom. The number of nitrogens with one attached hydrogen (secondary N) is 3. The molecule has 0 aliphatic carbocycles. The maximum atomic E-state index is 12.0. The summed E-state index contributed by atoms with van der Waals surface area (Å²) in [4.78, 5) is 20.4. The van der Waals surface area contributed by atoms with Gasteiger partial charge in [-0.05, 0) is 37.6 Å². The Bertz CT molecular complexity index is 810. The van der Waals surface area contributed by atoms with Gasteiger partial charge in [0.2, 0.25) is 10.0 Å². The van der Waals surface area contributed by atoms with Gasteiger partial charge in [-0.3, -0.25) is 9.97 Å². The molecule has 1 atom stereocenters.